The van der Waals surface area contributed by atoms with Crippen molar-refractivity contribution >= 4 is 29.0 Å². The minimum absolute atomic E-state index is 0.0475. The van der Waals surface area contributed by atoms with Gasteiger partial charge in [0.1, 0.15) is 11.6 Å². The van der Waals surface area contributed by atoms with Crippen LogP contribution in [0.5, 0.6) is 0 Å². The van der Waals surface area contributed by atoms with Crippen molar-refractivity contribution in [3.05, 3.63) is 66.0 Å². The van der Waals surface area contributed by atoms with Crippen LogP contribution in [0.3, 0.4) is 0 Å². The molecule has 8 heteroatoms. The number of ether oxygens (including phenoxy) is 1. The Morgan fingerprint density at radius 2 is 1.88 bits per heavy atom. The minimum atomic E-state index is -1.10. The molecule has 0 bridgehead atoms. The first-order valence-corrected chi connectivity index (χ1v) is 11.3. The molecule has 1 saturated heterocycles. The van der Waals surface area contributed by atoms with Crippen LogP contribution in [0.2, 0.25) is 0 Å². The molecule has 8 nitrogen and oxygen atoms in total. The van der Waals surface area contributed by atoms with Crippen LogP contribution in [-0.4, -0.2) is 60.1 Å². The van der Waals surface area contributed by atoms with Crippen molar-refractivity contribution < 1.29 is 14.6 Å². The molecule has 0 unspecified atom stereocenters. The highest BCUT2D eigenvalue weighted by Crippen LogP contribution is 2.34. The molecule has 3 heterocycles. The number of carboxylic acid groups (broad SMARTS) is 1. The summed E-state index contributed by atoms with van der Waals surface area (Å²) in [6.45, 7) is 7.06. The third-order valence-electron chi connectivity index (χ3n) is 5.71. The highest BCUT2D eigenvalue weighted by atomic mass is 16.5. The molecule has 0 saturated carbocycles. The fourth-order valence-electron chi connectivity index (χ4n) is 4.07. The smallest absolute Gasteiger partial charge is 0.354 e. The van der Waals surface area contributed by atoms with Crippen LogP contribution in [0.25, 0.3) is 11.1 Å². The molecule has 0 radical (unpaired) electrons. The average molecular weight is 460 g/mol. The predicted molar refractivity (Wildman–Crippen MR) is 134 cm³/mol. The van der Waals surface area contributed by atoms with Crippen LogP contribution in [0.1, 0.15) is 29.9 Å². The maximum atomic E-state index is 12.0. The number of hydrogen-bond donors (Lipinski definition) is 2. The molecule has 4 rings (SSSR count). The normalized spacial score (nSPS) is 14.4. The number of nitrogens with zero attached hydrogens (tertiary/aromatic N) is 4. The molecule has 34 heavy (non-hydrogen) atoms. The number of hydrogen-bond acceptors (Lipinski definition) is 7. The van der Waals surface area contributed by atoms with Gasteiger partial charge in [-0.1, -0.05) is 32.0 Å². The molecule has 3 aromatic rings. The van der Waals surface area contributed by atoms with E-state index in [4.69, 9.17) is 4.74 Å². The van der Waals surface area contributed by atoms with Gasteiger partial charge in [0.2, 0.25) is 0 Å². The van der Waals surface area contributed by atoms with Gasteiger partial charge in [0.05, 0.1) is 13.2 Å². The van der Waals surface area contributed by atoms with Crippen LogP contribution in [-0.2, 0) is 4.74 Å². The first kappa shape index (κ1) is 23.4. The summed E-state index contributed by atoms with van der Waals surface area (Å²) in [5, 5.41) is 13.1. The number of anilines is 3. The Hall–Kier alpha value is -3.78. The number of carbonyl (C=O) groups is 1. The van der Waals surface area contributed by atoms with Crippen LogP contribution in [0.15, 0.2) is 59.7 Å². The second-order valence-corrected chi connectivity index (χ2v) is 8.34. The Morgan fingerprint density at radius 1 is 1.15 bits per heavy atom. The largest absolute Gasteiger partial charge is 0.477 e. The van der Waals surface area contributed by atoms with Gasteiger partial charge in [-0.2, -0.15) is 0 Å². The number of carboxylic acids is 1. The molecule has 1 aliphatic rings. The summed E-state index contributed by atoms with van der Waals surface area (Å²) < 4.78 is 5.44. The molecule has 0 aliphatic carbocycles. The number of aromatic carboxylic acids is 1. The molecule has 0 amide bonds. The molecule has 2 aromatic heterocycles. The third kappa shape index (κ3) is 5.07. The second kappa shape index (κ2) is 10.4. The van der Waals surface area contributed by atoms with Gasteiger partial charge in [0.15, 0.2) is 5.69 Å². The number of rotatable bonds is 7. The van der Waals surface area contributed by atoms with Crippen molar-refractivity contribution in [1.29, 1.82) is 0 Å². The summed E-state index contributed by atoms with van der Waals surface area (Å²) in [5.74, 6) is 0.323. The van der Waals surface area contributed by atoms with Crippen molar-refractivity contribution in [3.8, 4) is 11.1 Å². The van der Waals surface area contributed by atoms with E-state index < -0.39 is 5.97 Å². The summed E-state index contributed by atoms with van der Waals surface area (Å²) in [6.07, 6.45) is 1.79. The van der Waals surface area contributed by atoms with Crippen LogP contribution < -0.4 is 10.2 Å². The Labute approximate surface area is 199 Å². The number of aliphatic imine (C=N–C) groups is 1. The Bertz CT molecular complexity index is 1170. The Kier molecular flexibility index (Phi) is 7.18. The predicted octanol–water partition coefficient (Wildman–Crippen LogP) is 4.50. The number of pyridine rings is 2. The number of benzene rings is 1. The fourth-order valence-corrected chi connectivity index (χ4v) is 4.07. The molecule has 2 N–H and O–H groups in total. The molecule has 0 atom stereocenters. The molecular formula is C26H29N5O3. The van der Waals surface area contributed by atoms with Gasteiger partial charge in [0.25, 0.3) is 0 Å². The van der Waals surface area contributed by atoms with Gasteiger partial charge in [-0.15, -0.1) is 0 Å². The van der Waals surface area contributed by atoms with Gasteiger partial charge in [-0.25, -0.2) is 14.8 Å². The molecule has 176 valence electrons. The molecule has 1 aromatic carbocycles. The zero-order chi connectivity index (χ0) is 24.1. The fraction of sp³-hybridized carbons (Fsp3) is 0.308. The van der Waals surface area contributed by atoms with Crippen LogP contribution in [0.4, 0.5) is 17.3 Å². The van der Waals surface area contributed by atoms with Gasteiger partial charge in [-0.05, 0) is 41.8 Å². The lowest BCUT2D eigenvalue weighted by atomic mass is 9.92. The van der Waals surface area contributed by atoms with Gasteiger partial charge in [-0.3, -0.25) is 4.99 Å². The van der Waals surface area contributed by atoms with Gasteiger partial charge in [0, 0.05) is 48.9 Å². The second-order valence-electron chi connectivity index (χ2n) is 8.34. The van der Waals surface area contributed by atoms with Gasteiger partial charge < -0.3 is 20.1 Å². The number of aromatic nitrogens is 2. The quantitative estimate of drug-likeness (QED) is 0.502. The Morgan fingerprint density at radius 3 is 2.47 bits per heavy atom. The van der Waals surface area contributed by atoms with E-state index in [0.29, 0.717) is 19.0 Å². The summed E-state index contributed by atoms with van der Waals surface area (Å²) in [6, 6.07) is 15.1. The summed E-state index contributed by atoms with van der Waals surface area (Å²) >= 11 is 0. The zero-order valence-electron chi connectivity index (χ0n) is 19.7. The van der Waals surface area contributed by atoms with E-state index >= 15 is 0 Å². The van der Waals surface area contributed by atoms with Crippen molar-refractivity contribution in [2.45, 2.75) is 13.8 Å². The lowest BCUT2D eigenvalue weighted by Gasteiger charge is -2.28. The van der Waals surface area contributed by atoms with Gasteiger partial charge >= 0.3 is 5.97 Å². The van der Waals surface area contributed by atoms with Crippen molar-refractivity contribution in [2.75, 3.05) is 43.6 Å². The van der Waals surface area contributed by atoms with Crippen molar-refractivity contribution in [2.24, 2.45) is 10.9 Å². The first-order valence-electron chi connectivity index (χ1n) is 11.3. The van der Waals surface area contributed by atoms with Crippen LogP contribution >= 0.6 is 0 Å². The monoisotopic (exact) mass is 459 g/mol. The van der Waals surface area contributed by atoms with E-state index in [2.05, 4.69) is 39.0 Å². The molecule has 0 spiro atoms. The summed E-state index contributed by atoms with van der Waals surface area (Å²) in [4.78, 5) is 27.9. The Balaban J connectivity index is 1.86. The van der Waals surface area contributed by atoms with E-state index in [1.165, 1.54) is 0 Å². The van der Waals surface area contributed by atoms with E-state index in [1.807, 2.05) is 42.5 Å². The lowest BCUT2D eigenvalue weighted by molar-refractivity contribution is 0.0690. The maximum absolute atomic E-state index is 12.0. The highest BCUT2D eigenvalue weighted by Gasteiger charge is 2.23. The van der Waals surface area contributed by atoms with Crippen molar-refractivity contribution in [3.63, 3.8) is 0 Å². The average Bonchev–Trinajstić information content (AvgIpc) is 2.86. The SMILES string of the molecule is C/N=C(\c1c(-c2ccc(N3CCOCC3)nc2)cc(C(=O)O)nc1Nc1ccccc1)C(C)C. The van der Waals surface area contributed by atoms with E-state index in [9.17, 15) is 9.90 Å². The molecule has 1 fully saturated rings. The van der Waals surface area contributed by atoms with Crippen molar-refractivity contribution in [1.82, 2.24) is 9.97 Å². The number of para-hydroxylation sites is 1. The highest BCUT2D eigenvalue weighted by molar-refractivity contribution is 6.11. The number of morpholine rings is 1. The molecular weight excluding hydrogens is 430 g/mol. The van der Waals surface area contributed by atoms with Crippen LogP contribution in [0, 0.1) is 5.92 Å². The zero-order valence-corrected chi connectivity index (χ0v) is 19.7. The standard InChI is InChI=1S/C26H29N5O3/c1-17(2)24(27-3)23-20(18-9-10-22(28-16-18)31-11-13-34-14-12-31)15-21(26(32)33)30-25(23)29-19-7-5-4-6-8-19/h4-10,15-17H,11-14H2,1-3H3,(H,29,30)(H,32,33)/b27-24-. The van der Waals surface area contributed by atoms with E-state index in [1.54, 1.807) is 19.3 Å². The van der Waals surface area contributed by atoms with E-state index in [0.717, 1.165) is 47.0 Å². The number of nitrogens with one attached hydrogen (secondary N) is 1. The lowest BCUT2D eigenvalue weighted by Crippen LogP contribution is -2.36. The molecule has 1 aliphatic heterocycles. The third-order valence-corrected chi connectivity index (χ3v) is 5.71. The summed E-state index contributed by atoms with van der Waals surface area (Å²) in [5.41, 5.74) is 3.89. The first-order chi connectivity index (χ1) is 16.5. The minimum Gasteiger partial charge on any atom is -0.477 e. The topological polar surface area (TPSA) is 99.9 Å². The van der Waals surface area contributed by atoms with E-state index in [-0.39, 0.29) is 11.6 Å². The maximum Gasteiger partial charge on any atom is 0.354 e. The summed E-state index contributed by atoms with van der Waals surface area (Å²) in [7, 11) is 1.75.